The van der Waals surface area contributed by atoms with Gasteiger partial charge in [-0.1, -0.05) is 19.4 Å². The Morgan fingerprint density at radius 2 is 2.19 bits per heavy atom. The molecule has 0 fully saturated rings. The summed E-state index contributed by atoms with van der Waals surface area (Å²) >= 11 is 3.44. The fourth-order valence-corrected chi connectivity index (χ4v) is 2.29. The number of hydrogen-bond acceptors (Lipinski definition) is 1. The molecule has 16 heavy (non-hydrogen) atoms. The van der Waals surface area contributed by atoms with Crippen molar-refractivity contribution >= 4 is 26.8 Å². The normalized spacial score (nSPS) is 10.9. The van der Waals surface area contributed by atoms with E-state index >= 15 is 0 Å². The Hall–Kier alpha value is -1.09. The van der Waals surface area contributed by atoms with Crippen LogP contribution in [0.5, 0.6) is 0 Å². The molecule has 1 aromatic heterocycles. The summed E-state index contributed by atoms with van der Waals surface area (Å²) in [6.07, 6.45) is 4.86. The highest BCUT2D eigenvalue weighted by atomic mass is 79.9. The van der Waals surface area contributed by atoms with Crippen molar-refractivity contribution < 1.29 is 0 Å². The molecule has 84 valence electrons. The van der Waals surface area contributed by atoms with Crippen LogP contribution in [0.15, 0.2) is 33.7 Å². The predicted octanol–water partition coefficient (Wildman–Crippen LogP) is 3.63. The number of nitrogens with one attached hydrogen (secondary N) is 1. The summed E-state index contributed by atoms with van der Waals surface area (Å²) in [4.78, 5) is 15.3. The maximum Gasteiger partial charge on any atom is 0.192 e. The number of pyridine rings is 1. The smallest absolute Gasteiger partial charge is 0.192 e. The van der Waals surface area contributed by atoms with Crippen molar-refractivity contribution in [3.63, 3.8) is 0 Å². The molecule has 0 aliphatic rings. The van der Waals surface area contributed by atoms with Crippen LogP contribution in [0, 0.1) is 0 Å². The van der Waals surface area contributed by atoms with E-state index < -0.39 is 0 Å². The van der Waals surface area contributed by atoms with Crippen molar-refractivity contribution in [3.8, 4) is 0 Å². The molecule has 3 heteroatoms. The minimum absolute atomic E-state index is 0.156. The first-order chi connectivity index (χ1) is 7.74. The Morgan fingerprint density at radius 1 is 1.38 bits per heavy atom. The molecule has 0 bridgehead atoms. The van der Waals surface area contributed by atoms with Crippen molar-refractivity contribution in [2.45, 2.75) is 26.2 Å². The molecule has 0 unspecified atom stereocenters. The van der Waals surface area contributed by atoms with Crippen LogP contribution in [-0.2, 0) is 6.42 Å². The summed E-state index contributed by atoms with van der Waals surface area (Å²) in [5, 5.41) is 0.767. The lowest BCUT2D eigenvalue weighted by Gasteiger charge is -2.03. The van der Waals surface area contributed by atoms with Gasteiger partial charge in [0.2, 0.25) is 0 Å². The topological polar surface area (TPSA) is 32.9 Å². The van der Waals surface area contributed by atoms with Crippen LogP contribution in [0.1, 0.15) is 25.3 Å². The first-order valence-electron chi connectivity index (χ1n) is 5.53. The van der Waals surface area contributed by atoms with Crippen LogP contribution >= 0.6 is 15.9 Å². The lowest BCUT2D eigenvalue weighted by Crippen LogP contribution is -2.10. The van der Waals surface area contributed by atoms with E-state index in [9.17, 15) is 4.79 Å². The second-order valence-corrected chi connectivity index (χ2v) is 4.76. The van der Waals surface area contributed by atoms with Crippen LogP contribution in [-0.4, -0.2) is 4.98 Å². The second kappa shape index (κ2) is 4.83. The Balaban J connectivity index is 2.57. The molecule has 1 heterocycles. The van der Waals surface area contributed by atoms with E-state index in [1.807, 2.05) is 24.4 Å². The molecule has 0 saturated carbocycles. The lowest BCUT2D eigenvalue weighted by atomic mass is 10.1. The summed E-state index contributed by atoms with van der Waals surface area (Å²) in [7, 11) is 0. The van der Waals surface area contributed by atoms with Gasteiger partial charge in [-0.3, -0.25) is 4.79 Å². The molecule has 1 N–H and O–H groups in total. The van der Waals surface area contributed by atoms with Gasteiger partial charge in [0.15, 0.2) is 5.43 Å². The van der Waals surface area contributed by atoms with Gasteiger partial charge >= 0.3 is 0 Å². The summed E-state index contributed by atoms with van der Waals surface area (Å²) in [5.74, 6) is 0. The van der Waals surface area contributed by atoms with Crippen LogP contribution < -0.4 is 5.43 Å². The number of fused-ring (bicyclic) bond motifs is 1. The van der Waals surface area contributed by atoms with Gasteiger partial charge in [-0.05, 0) is 40.9 Å². The van der Waals surface area contributed by atoms with Crippen LogP contribution in [0.25, 0.3) is 10.9 Å². The van der Waals surface area contributed by atoms with E-state index in [2.05, 4.69) is 27.8 Å². The van der Waals surface area contributed by atoms with Gasteiger partial charge in [0, 0.05) is 21.6 Å². The fraction of sp³-hybridized carbons (Fsp3) is 0.308. The van der Waals surface area contributed by atoms with E-state index in [4.69, 9.17) is 0 Å². The SMILES string of the molecule is CCCCc1c[nH]c2c(Br)cccc2c1=O. The number of rotatable bonds is 3. The molecule has 0 atom stereocenters. The van der Waals surface area contributed by atoms with E-state index in [-0.39, 0.29) is 5.43 Å². The van der Waals surface area contributed by atoms with Gasteiger partial charge in [0.25, 0.3) is 0 Å². The zero-order valence-corrected chi connectivity index (χ0v) is 10.8. The molecule has 0 saturated heterocycles. The Bertz CT molecular complexity index is 559. The number of hydrogen-bond donors (Lipinski definition) is 1. The maximum atomic E-state index is 12.1. The third-order valence-electron chi connectivity index (χ3n) is 2.74. The molecular formula is C13H14BrNO. The quantitative estimate of drug-likeness (QED) is 0.914. The van der Waals surface area contributed by atoms with Crippen LogP contribution in [0.3, 0.4) is 0 Å². The molecule has 0 radical (unpaired) electrons. The number of aryl methyl sites for hydroxylation is 1. The third-order valence-corrected chi connectivity index (χ3v) is 3.40. The standard InChI is InChI=1S/C13H14BrNO/c1-2-3-5-9-8-15-12-10(13(9)16)6-4-7-11(12)14/h4,6-8H,2-3,5H2,1H3,(H,15,16). The average molecular weight is 280 g/mol. The van der Waals surface area contributed by atoms with Crippen molar-refractivity contribution in [3.05, 3.63) is 44.7 Å². The van der Waals surface area contributed by atoms with Crippen molar-refractivity contribution in [1.82, 2.24) is 4.98 Å². The van der Waals surface area contributed by atoms with Gasteiger partial charge in [-0.25, -0.2) is 0 Å². The molecule has 2 aromatic rings. The van der Waals surface area contributed by atoms with Gasteiger partial charge < -0.3 is 4.98 Å². The number of unbranched alkanes of at least 4 members (excludes halogenated alkanes) is 1. The largest absolute Gasteiger partial charge is 0.360 e. The van der Waals surface area contributed by atoms with Crippen LogP contribution in [0.4, 0.5) is 0 Å². The highest BCUT2D eigenvalue weighted by molar-refractivity contribution is 9.10. The van der Waals surface area contributed by atoms with E-state index in [0.717, 1.165) is 40.2 Å². The first-order valence-corrected chi connectivity index (χ1v) is 6.32. The van der Waals surface area contributed by atoms with Gasteiger partial charge in [0.05, 0.1) is 5.52 Å². The monoisotopic (exact) mass is 279 g/mol. The Morgan fingerprint density at radius 3 is 2.94 bits per heavy atom. The fourth-order valence-electron chi connectivity index (χ4n) is 1.81. The van der Waals surface area contributed by atoms with E-state index in [1.54, 1.807) is 0 Å². The molecular weight excluding hydrogens is 266 g/mol. The predicted molar refractivity (Wildman–Crippen MR) is 70.9 cm³/mol. The molecule has 0 aliphatic carbocycles. The summed E-state index contributed by atoms with van der Waals surface area (Å²) < 4.78 is 0.934. The number of halogens is 1. The van der Waals surface area contributed by atoms with Gasteiger partial charge in [0.1, 0.15) is 0 Å². The maximum absolute atomic E-state index is 12.1. The minimum atomic E-state index is 0.156. The summed E-state index contributed by atoms with van der Waals surface area (Å²) in [6.45, 7) is 2.13. The van der Waals surface area contributed by atoms with E-state index in [1.165, 1.54) is 0 Å². The van der Waals surface area contributed by atoms with Gasteiger partial charge in [-0.2, -0.15) is 0 Å². The van der Waals surface area contributed by atoms with Crippen LogP contribution in [0.2, 0.25) is 0 Å². The molecule has 2 nitrogen and oxygen atoms in total. The minimum Gasteiger partial charge on any atom is -0.360 e. The zero-order valence-electron chi connectivity index (χ0n) is 9.22. The summed E-state index contributed by atoms with van der Waals surface area (Å²) in [6, 6.07) is 5.70. The number of aromatic amines is 1. The number of aromatic nitrogens is 1. The number of H-pyrrole nitrogens is 1. The zero-order chi connectivity index (χ0) is 11.5. The molecule has 0 amide bonds. The average Bonchev–Trinajstić information content (AvgIpc) is 2.29. The summed E-state index contributed by atoms with van der Waals surface area (Å²) in [5.41, 5.74) is 1.92. The highest BCUT2D eigenvalue weighted by Crippen LogP contribution is 2.19. The number of benzene rings is 1. The Labute approximate surface area is 103 Å². The highest BCUT2D eigenvalue weighted by Gasteiger charge is 2.06. The first kappa shape index (κ1) is 11.4. The molecule has 1 aromatic carbocycles. The van der Waals surface area contributed by atoms with Gasteiger partial charge in [-0.15, -0.1) is 0 Å². The van der Waals surface area contributed by atoms with Crippen molar-refractivity contribution in [2.75, 3.05) is 0 Å². The third kappa shape index (κ3) is 2.05. The van der Waals surface area contributed by atoms with Crippen molar-refractivity contribution in [2.24, 2.45) is 0 Å². The second-order valence-electron chi connectivity index (χ2n) is 3.91. The molecule has 0 spiro atoms. The van der Waals surface area contributed by atoms with E-state index in [0.29, 0.717) is 0 Å². The lowest BCUT2D eigenvalue weighted by molar-refractivity contribution is 0.790. The van der Waals surface area contributed by atoms with Crippen molar-refractivity contribution in [1.29, 1.82) is 0 Å². The molecule has 2 rings (SSSR count). The molecule has 0 aliphatic heterocycles. The Kier molecular flexibility index (Phi) is 3.44. The number of para-hydroxylation sites is 1.